The van der Waals surface area contributed by atoms with Gasteiger partial charge in [-0.2, -0.15) is 0 Å². The van der Waals surface area contributed by atoms with Crippen LogP contribution in [0.3, 0.4) is 0 Å². The average Bonchev–Trinajstić information content (AvgIpc) is 2.43. The number of nitrogens with one attached hydrogen (secondary N) is 1. The van der Waals surface area contributed by atoms with Gasteiger partial charge in [-0.05, 0) is 26.3 Å². The number of thioether (sulfide) groups is 1. The molecule has 0 aromatic heterocycles. The number of benzene rings is 1. The summed E-state index contributed by atoms with van der Waals surface area (Å²) in [4.78, 5) is 34.7. The van der Waals surface area contributed by atoms with Gasteiger partial charge in [0.2, 0.25) is 0 Å². The fourth-order valence-electron chi connectivity index (χ4n) is 1.61. The fourth-order valence-corrected chi connectivity index (χ4v) is 2.42. The normalized spacial score (nSPS) is 12.3. The van der Waals surface area contributed by atoms with Crippen LogP contribution < -0.4 is 5.32 Å². The fraction of sp³-hybridized carbons (Fsp3) is 0.438. The molecule has 1 unspecified atom stereocenters. The minimum absolute atomic E-state index is 0.300. The molecule has 0 aliphatic heterocycles. The molecule has 0 spiro atoms. The summed E-state index contributed by atoms with van der Waals surface area (Å²) in [7, 11) is 0. The van der Waals surface area contributed by atoms with Crippen LogP contribution in [0.1, 0.15) is 32.8 Å². The van der Waals surface area contributed by atoms with E-state index in [9.17, 15) is 14.4 Å². The van der Waals surface area contributed by atoms with Crippen molar-refractivity contribution in [2.45, 2.75) is 44.6 Å². The Bertz CT molecular complexity index is 553. The highest BCUT2D eigenvalue weighted by molar-refractivity contribution is 8.12. The number of carbonyl (C=O) groups excluding carboxylic acids is 2. The van der Waals surface area contributed by atoms with Crippen LogP contribution in [0, 0.1) is 0 Å². The Balaban J connectivity index is 2.50. The van der Waals surface area contributed by atoms with Gasteiger partial charge in [0.25, 0.3) is 0 Å². The lowest BCUT2D eigenvalue weighted by molar-refractivity contribution is -0.140. The van der Waals surface area contributed by atoms with Crippen LogP contribution in [-0.4, -0.2) is 33.9 Å². The lowest BCUT2D eigenvalue weighted by Crippen LogP contribution is -2.44. The van der Waals surface area contributed by atoms with Gasteiger partial charge in [-0.3, -0.25) is 4.79 Å². The molecular formula is C16H21NO5S. The highest BCUT2D eigenvalue weighted by Gasteiger charge is 2.26. The maximum atomic E-state index is 11.9. The van der Waals surface area contributed by atoms with Gasteiger partial charge in [0.1, 0.15) is 11.6 Å². The number of amides is 1. The first kappa shape index (κ1) is 19.0. The minimum atomic E-state index is -1.30. The molecule has 23 heavy (non-hydrogen) atoms. The Kier molecular flexibility index (Phi) is 7.09. The van der Waals surface area contributed by atoms with Gasteiger partial charge in [-0.15, -0.1) is 0 Å². The number of carboxylic acid groups (broad SMARTS) is 1. The minimum Gasteiger partial charge on any atom is -0.480 e. The van der Waals surface area contributed by atoms with Crippen molar-refractivity contribution >= 4 is 28.9 Å². The van der Waals surface area contributed by atoms with Crippen molar-refractivity contribution in [1.29, 1.82) is 0 Å². The number of carboxylic acids is 1. The second kappa shape index (κ2) is 8.57. The molecule has 6 nitrogen and oxygen atoms in total. The Morgan fingerprint density at radius 3 is 2.35 bits per heavy atom. The third-order valence-electron chi connectivity index (χ3n) is 2.60. The van der Waals surface area contributed by atoms with E-state index in [2.05, 4.69) is 5.32 Å². The van der Waals surface area contributed by atoms with Crippen LogP contribution in [0.2, 0.25) is 0 Å². The van der Waals surface area contributed by atoms with Gasteiger partial charge in [-0.1, -0.05) is 42.1 Å². The molecule has 2 N–H and O–H groups in total. The van der Waals surface area contributed by atoms with Gasteiger partial charge < -0.3 is 15.2 Å². The third kappa shape index (κ3) is 8.25. The quantitative estimate of drug-likeness (QED) is 0.828. The molecule has 0 fully saturated rings. The number of hydrogen-bond donors (Lipinski definition) is 2. The van der Waals surface area contributed by atoms with Crippen LogP contribution in [0.15, 0.2) is 30.3 Å². The van der Waals surface area contributed by atoms with Crippen molar-refractivity contribution < 1.29 is 24.2 Å². The SMILES string of the molecule is CC(C)(C)OC(=O)NC(CC(=O)SCc1ccccc1)C(=O)O. The summed E-state index contributed by atoms with van der Waals surface area (Å²) in [5, 5.41) is 11.0. The van der Waals surface area contributed by atoms with E-state index in [1.807, 2.05) is 30.3 Å². The smallest absolute Gasteiger partial charge is 0.408 e. The molecule has 0 saturated carbocycles. The number of aliphatic carboxylic acids is 1. The topological polar surface area (TPSA) is 92.7 Å². The molecule has 1 aromatic rings. The van der Waals surface area contributed by atoms with Crippen molar-refractivity contribution in [2.75, 3.05) is 0 Å². The third-order valence-corrected chi connectivity index (χ3v) is 3.57. The van der Waals surface area contributed by atoms with Gasteiger partial charge in [-0.25, -0.2) is 9.59 Å². The maximum Gasteiger partial charge on any atom is 0.408 e. The summed E-state index contributed by atoms with van der Waals surface area (Å²) in [6.45, 7) is 5.01. The first-order chi connectivity index (χ1) is 10.7. The molecule has 0 radical (unpaired) electrons. The van der Waals surface area contributed by atoms with Crippen LogP contribution in [0.25, 0.3) is 0 Å². The molecule has 0 bridgehead atoms. The Labute approximate surface area is 139 Å². The van der Waals surface area contributed by atoms with E-state index >= 15 is 0 Å². The predicted molar refractivity (Wildman–Crippen MR) is 88.2 cm³/mol. The molecular weight excluding hydrogens is 318 g/mol. The maximum absolute atomic E-state index is 11.9. The van der Waals surface area contributed by atoms with E-state index in [1.54, 1.807) is 20.8 Å². The second-order valence-corrected chi connectivity index (χ2v) is 6.92. The number of hydrogen-bond acceptors (Lipinski definition) is 5. The van der Waals surface area contributed by atoms with Gasteiger partial charge in [0.05, 0.1) is 0 Å². The average molecular weight is 339 g/mol. The van der Waals surface area contributed by atoms with Crippen LogP contribution in [0.5, 0.6) is 0 Å². The van der Waals surface area contributed by atoms with E-state index < -0.39 is 23.7 Å². The molecule has 1 aromatic carbocycles. The highest BCUT2D eigenvalue weighted by atomic mass is 32.2. The van der Waals surface area contributed by atoms with E-state index in [-0.39, 0.29) is 11.5 Å². The number of rotatable bonds is 6. The lowest BCUT2D eigenvalue weighted by atomic mass is 10.2. The van der Waals surface area contributed by atoms with Gasteiger partial charge in [0, 0.05) is 12.2 Å². The standard InChI is InChI=1S/C16H21NO5S/c1-16(2,3)22-15(21)17-12(14(19)20)9-13(18)23-10-11-7-5-4-6-8-11/h4-8,12H,9-10H2,1-3H3,(H,17,21)(H,19,20). The predicted octanol–water partition coefficient (Wildman–Crippen LogP) is 2.81. The molecule has 1 rings (SSSR count). The van der Waals surface area contributed by atoms with E-state index in [1.165, 1.54) is 0 Å². The summed E-state index contributed by atoms with van der Waals surface area (Å²) in [6, 6.07) is 8.07. The van der Waals surface area contributed by atoms with Crippen LogP contribution >= 0.6 is 11.8 Å². The Morgan fingerprint density at radius 1 is 1.22 bits per heavy atom. The molecule has 0 aliphatic carbocycles. The molecule has 7 heteroatoms. The largest absolute Gasteiger partial charge is 0.480 e. The molecule has 1 amide bonds. The van der Waals surface area contributed by atoms with Crippen LogP contribution in [-0.2, 0) is 20.1 Å². The Hall–Kier alpha value is -2.02. The van der Waals surface area contributed by atoms with Crippen LogP contribution in [0.4, 0.5) is 4.79 Å². The first-order valence-electron chi connectivity index (χ1n) is 7.09. The zero-order valence-electron chi connectivity index (χ0n) is 13.4. The summed E-state index contributed by atoms with van der Waals surface area (Å²) in [5.41, 5.74) is 0.233. The van der Waals surface area contributed by atoms with Gasteiger partial charge in [0.15, 0.2) is 5.12 Å². The molecule has 1 atom stereocenters. The zero-order valence-corrected chi connectivity index (χ0v) is 14.2. The number of carbonyl (C=O) groups is 3. The van der Waals surface area contributed by atoms with Crippen molar-refractivity contribution in [3.05, 3.63) is 35.9 Å². The Morgan fingerprint density at radius 2 is 1.83 bits per heavy atom. The zero-order chi connectivity index (χ0) is 17.5. The van der Waals surface area contributed by atoms with E-state index in [0.717, 1.165) is 17.3 Å². The molecule has 0 heterocycles. The second-order valence-electron chi connectivity index (χ2n) is 5.89. The number of alkyl carbamates (subject to hydrolysis) is 1. The highest BCUT2D eigenvalue weighted by Crippen LogP contribution is 2.16. The van der Waals surface area contributed by atoms with E-state index in [4.69, 9.17) is 9.84 Å². The molecule has 0 saturated heterocycles. The monoisotopic (exact) mass is 339 g/mol. The number of ether oxygens (including phenoxy) is 1. The molecule has 126 valence electrons. The van der Waals surface area contributed by atoms with E-state index in [0.29, 0.717) is 5.75 Å². The van der Waals surface area contributed by atoms with Crippen molar-refractivity contribution in [3.8, 4) is 0 Å². The summed E-state index contributed by atoms with van der Waals surface area (Å²) < 4.78 is 5.00. The summed E-state index contributed by atoms with van der Waals surface area (Å²) >= 11 is 1.02. The summed E-state index contributed by atoms with van der Waals surface area (Å²) in [5.74, 6) is -0.817. The summed E-state index contributed by atoms with van der Waals surface area (Å²) in [6.07, 6.45) is -1.16. The first-order valence-corrected chi connectivity index (χ1v) is 8.08. The molecule has 0 aliphatic rings. The van der Waals surface area contributed by atoms with Crippen molar-refractivity contribution in [3.63, 3.8) is 0 Å². The van der Waals surface area contributed by atoms with Crippen molar-refractivity contribution in [1.82, 2.24) is 5.32 Å². The van der Waals surface area contributed by atoms with Crippen molar-refractivity contribution in [2.24, 2.45) is 0 Å². The van der Waals surface area contributed by atoms with Gasteiger partial charge >= 0.3 is 12.1 Å². The lowest BCUT2D eigenvalue weighted by Gasteiger charge is -2.21.